The molecule has 31 heavy (non-hydrogen) atoms. The Hall–Kier alpha value is -2.56. The smallest absolute Gasteiger partial charge is 0.0843 e. The molecule has 3 heterocycles. The second kappa shape index (κ2) is 8.89. The minimum absolute atomic E-state index is 0.219. The van der Waals surface area contributed by atoms with Crippen molar-refractivity contribution in [1.82, 2.24) is 14.9 Å². The molecule has 1 fully saturated rings. The molecule has 2 aromatic heterocycles. The number of rotatable bonds is 5. The maximum atomic E-state index is 10.8. The third-order valence-corrected chi connectivity index (χ3v) is 6.52. The summed E-state index contributed by atoms with van der Waals surface area (Å²) in [4.78, 5) is 12.2. The third-order valence-electron chi connectivity index (χ3n) is 6.52. The van der Waals surface area contributed by atoms with Gasteiger partial charge in [0.2, 0.25) is 0 Å². The predicted octanol–water partition coefficient (Wildman–Crippen LogP) is 5.79. The Morgan fingerprint density at radius 1 is 0.871 bits per heavy atom. The third kappa shape index (κ3) is 4.56. The molecule has 2 atom stereocenters. The van der Waals surface area contributed by atoms with Gasteiger partial charge in [-0.2, -0.15) is 0 Å². The Morgan fingerprint density at radius 3 is 1.94 bits per heavy atom. The number of aryl methyl sites for hydroxylation is 2. The Bertz CT molecular complexity index is 987. The molecule has 1 saturated heterocycles. The molecule has 162 valence electrons. The van der Waals surface area contributed by atoms with Gasteiger partial charge in [-0.05, 0) is 81.3 Å². The maximum absolute atomic E-state index is 10.8. The van der Waals surface area contributed by atoms with Gasteiger partial charge in [-0.25, -0.2) is 0 Å². The van der Waals surface area contributed by atoms with E-state index >= 15 is 0 Å². The van der Waals surface area contributed by atoms with E-state index in [2.05, 4.69) is 43.0 Å². The van der Waals surface area contributed by atoms with Crippen LogP contribution < -0.4 is 0 Å². The van der Waals surface area contributed by atoms with Crippen LogP contribution in [-0.2, 0) is 12.1 Å². The molecule has 4 nitrogen and oxygen atoms in total. The van der Waals surface area contributed by atoms with E-state index in [1.807, 2.05) is 50.5 Å². The normalized spacial score (nSPS) is 20.0. The highest BCUT2D eigenvalue weighted by Gasteiger charge is 2.36. The molecule has 1 aliphatic rings. The number of benzene rings is 1. The van der Waals surface area contributed by atoms with Crippen LogP contribution in [0.25, 0.3) is 0 Å². The van der Waals surface area contributed by atoms with Gasteiger partial charge in [-0.15, -0.1) is 0 Å². The first-order chi connectivity index (χ1) is 14.9. The van der Waals surface area contributed by atoms with E-state index in [-0.39, 0.29) is 12.1 Å². The van der Waals surface area contributed by atoms with Gasteiger partial charge >= 0.3 is 0 Å². The Labute approximate surface area is 186 Å². The number of pyridine rings is 2. The Kier molecular flexibility index (Phi) is 6.22. The monoisotopic (exact) mass is 415 g/mol. The molecule has 1 aliphatic heterocycles. The summed E-state index contributed by atoms with van der Waals surface area (Å²) in [7, 11) is 0. The summed E-state index contributed by atoms with van der Waals surface area (Å²) < 4.78 is 0. The van der Waals surface area contributed by atoms with E-state index in [1.165, 1.54) is 11.1 Å². The van der Waals surface area contributed by atoms with Crippen molar-refractivity contribution in [1.29, 1.82) is 0 Å². The molecule has 1 N–H and O–H groups in total. The van der Waals surface area contributed by atoms with E-state index < -0.39 is 5.60 Å². The first-order valence-corrected chi connectivity index (χ1v) is 11.3. The molecule has 2 unspecified atom stereocenters. The van der Waals surface area contributed by atoms with Crippen molar-refractivity contribution in [2.75, 3.05) is 0 Å². The zero-order chi connectivity index (χ0) is 22.0. The van der Waals surface area contributed by atoms with E-state index in [4.69, 9.17) is 9.97 Å². The number of nitrogens with zero attached hydrogens (tertiary/aromatic N) is 3. The lowest BCUT2D eigenvalue weighted by atomic mass is 9.87. The first kappa shape index (κ1) is 21.7. The lowest BCUT2D eigenvalue weighted by Gasteiger charge is -2.43. The fraction of sp³-hybridized carbons (Fsp3) is 0.407. The van der Waals surface area contributed by atoms with Gasteiger partial charge in [0.05, 0.1) is 29.1 Å². The van der Waals surface area contributed by atoms with E-state index in [0.717, 1.165) is 48.3 Å². The van der Waals surface area contributed by atoms with Gasteiger partial charge in [0.25, 0.3) is 0 Å². The number of likely N-dealkylation sites (tertiary alicyclic amines) is 1. The van der Waals surface area contributed by atoms with E-state index in [1.54, 1.807) is 0 Å². The average molecular weight is 416 g/mol. The summed E-state index contributed by atoms with van der Waals surface area (Å²) in [6, 6.07) is 17.0. The number of aliphatic hydroxyl groups is 1. The SMILES string of the molecule is Cc1cccnc1C1CCCC(c2ncccc2C)N1Cc1ccccc1C(C)(C)O. The van der Waals surface area contributed by atoms with Crippen molar-refractivity contribution in [3.05, 3.63) is 94.6 Å². The van der Waals surface area contributed by atoms with Gasteiger partial charge in [-0.1, -0.05) is 36.4 Å². The average Bonchev–Trinajstić information content (AvgIpc) is 2.75. The van der Waals surface area contributed by atoms with Crippen LogP contribution >= 0.6 is 0 Å². The zero-order valence-electron chi connectivity index (χ0n) is 19.0. The van der Waals surface area contributed by atoms with Crippen LogP contribution in [0.1, 0.15) is 78.8 Å². The zero-order valence-corrected chi connectivity index (χ0v) is 19.0. The fourth-order valence-electron chi connectivity index (χ4n) is 5.01. The van der Waals surface area contributed by atoms with Crippen molar-refractivity contribution in [2.24, 2.45) is 0 Å². The van der Waals surface area contributed by atoms with Crippen LogP contribution in [0.5, 0.6) is 0 Å². The number of aromatic nitrogens is 2. The number of piperidine rings is 1. The molecule has 0 aliphatic carbocycles. The highest BCUT2D eigenvalue weighted by molar-refractivity contribution is 5.33. The van der Waals surface area contributed by atoms with Gasteiger partial charge in [0, 0.05) is 18.9 Å². The summed E-state index contributed by atoms with van der Waals surface area (Å²) in [6.07, 6.45) is 7.10. The highest BCUT2D eigenvalue weighted by atomic mass is 16.3. The lowest BCUT2D eigenvalue weighted by molar-refractivity contribution is 0.0584. The summed E-state index contributed by atoms with van der Waals surface area (Å²) in [5.74, 6) is 0. The molecule has 4 rings (SSSR count). The summed E-state index contributed by atoms with van der Waals surface area (Å²) in [5, 5.41) is 10.8. The molecular weight excluding hydrogens is 382 g/mol. The summed E-state index contributed by atoms with van der Waals surface area (Å²) in [5.41, 5.74) is 6.02. The molecule has 1 aromatic carbocycles. The number of hydrogen-bond acceptors (Lipinski definition) is 4. The molecule has 0 spiro atoms. The molecule has 0 radical (unpaired) electrons. The highest BCUT2D eigenvalue weighted by Crippen LogP contribution is 2.43. The molecule has 0 saturated carbocycles. The molecule has 0 bridgehead atoms. The first-order valence-electron chi connectivity index (χ1n) is 11.3. The van der Waals surface area contributed by atoms with Gasteiger partial charge < -0.3 is 5.11 Å². The quantitative estimate of drug-likeness (QED) is 0.573. The number of hydrogen-bond donors (Lipinski definition) is 1. The Balaban J connectivity index is 1.81. The molecular formula is C27H33N3O. The van der Waals surface area contributed by atoms with Crippen LogP contribution in [0, 0.1) is 13.8 Å². The fourth-order valence-corrected chi connectivity index (χ4v) is 5.01. The van der Waals surface area contributed by atoms with Crippen LogP contribution in [0.2, 0.25) is 0 Å². The van der Waals surface area contributed by atoms with Crippen molar-refractivity contribution < 1.29 is 5.11 Å². The molecule has 0 amide bonds. The molecule has 4 heteroatoms. The van der Waals surface area contributed by atoms with Crippen molar-refractivity contribution in [3.63, 3.8) is 0 Å². The predicted molar refractivity (Wildman–Crippen MR) is 125 cm³/mol. The Morgan fingerprint density at radius 2 is 1.42 bits per heavy atom. The van der Waals surface area contributed by atoms with Crippen LogP contribution in [0.15, 0.2) is 60.9 Å². The standard InChI is InChI=1S/C27H33N3O/c1-19-10-8-16-28-25(19)23-14-7-15-24(26-20(2)11-9-17-29-26)30(23)18-21-12-5-6-13-22(21)27(3,4)31/h5-6,8-13,16-17,23-24,31H,7,14-15,18H2,1-4H3. The topological polar surface area (TPSA) is 49.2 Å². The van der Waals surface area contributed by atoms with Gasteiger partial charge in [-0.3, -0.25) is 14.9 Å². The van der Waals surface area contributed by atoms with E-state index in [0.29, 0.717) is 0 Å². The van der Waals surface area contributed by atoms with E-state index in [9.17, 15) is 5.11 Å². The lowest BCUT2D eigenvalue weighted by Crippen LogP contribution is -2.38. The van der Waals surface area contributed by atoms with Gasteiger partial charge in [0.15, 0.2) is 0 Å². The minimum atomic E-state index is -0.890. The van der Waals surface area contributed by atoms with Crippen molar-refractivity contribution in [2.45, 2.75) is 71.2 Å². The van der Waals surface area contributed by atoms with Crippen LogP contribution in [-0.4, -0.2) is 20.0 Å². The van der Waals surface area contributed by atoms with Crippen molar-refractivity contribution in [3.8, 4) is 0 Å². The molecule has 3 aromatic rings. The minimum Gasteiger partial charge on any atom is -0.386 e. The van der Waals surface area contributed by atoms with Crippen LogP contribution in [0.3, 0.4) is 0 Å². The van der Waals surface area contributed by atoms with Crippen molar-refractivity contribution >= 4 is 0 Å². The second-order valence-electron chi connectivity index (χ2n) is 9.26. The summed E-state index contributed by atoms with van der Waals surface area (Å²) >= 11 is 0. The summed E-state index contributed by atoms with van der Waals surface area (Å²) in [6.45, 7) is 8.79. The maximum Gasteiger partial charge on any atom is 0.0843 e. The largest absolute Gasteiger partial charge is 0.386 e. The van der Waals surface area contributed by atoms with Crippen LogP contribution in [0.4, 0.5) is 0 Å². The van der Waals surface area contributed by atoms with Gasteiger partial charge in [0.1, 0.15) is 0 Å². The second-order valence-corrected chi connectivity index (χ2v) is 9.26.